The van der Waals surface area contributed by atoms with Gasteiger partial charge in [-0.2, -0.15) is 0 Å². The van der Waals surface area contributed by atoms with Gasteiger partial charge in [-0.1, -0.05) is 11.6 Å². The first-order chi connectivity index (χ1) is 8.51. The zero-order valence-corrected chi connectivity index (χ0v) is 11.6. The molecule has 0 heterocycles. The standard InChI is InChI=1S/C13H18ClNO3/c1-4-15(9(2)8-18-3)12-6-5-10(14)7-11(12)13(16)17/h5-7,9H,4,8H2,1-3H3,(H,16,17). The monoisotopic (exact) mass is 271 g/mol. The summed E-state index contributed by atoms with van der Waals surface area (Å²) in [5.74, 6) is -0.976. The normalized spacial score (nSPS) is 12.2. The molecule has 1 unspecified atom stereocenters. The van der Waals surface area contributed by atoms with E-state index >= 15 is 0 Å². The van der Waals surface area contributed by atoms with E-state index < -0.39 is 5.97 Å². The number of carboxylic acid groups (broad SMARTS) is 1. The van der Waals surface area contributed by atoms with Crippen LogP contribution in [0.2, 0.25) is 5.02 Å². The van der Waals surface area contributed by atoms with E-state index in [1.165, 1.54) is 6.07 Å². The highest BCUT2D eigenvalue weighted by molar-refractivity contribution is 6.31. The lowest BCUT2D eigenvalue weighted by molar-refractivity contribution is 0.0697. The fraction of sp³-hybridized carbons (Fsp3) is 0.462. The van der Waals surface area contributed by atoms with Crippen molar-refractivity contribution in [1.29, 1.82) is 0 Å². The summed E-state index contributed by atoms with van der Waals surface area (Å²) in [7, 11) is 1.63. The molecule has 4 nitrogen and oxygen atoms in total. The van der Waals surface area contributed by atoms with Crippen LogP contribution in [-0.2, 0) is 4.74 Å². The Morgan fingerprint density at radius 3 is 2.72 bits per heavy atom. The van der Waals surface area contributed by atoms with Crippen LogP contribution >= 0.6 is 11.6 Å². The topological polar surface area (TPSA) is 49.8 Å². The molecule has 5 heteroatoms. The molecule has 0 saturated heterocycles. The summed E-state index contributed by atoms with van der Waals surface area (Å²) in [6.45, 7) is 5.21. The first-order valence-electron chi connectivity index (χ1n) is 5.79. The van der Waals surface area contributed by atoms with Crippen LogP contribution in [0.4, 0.5) is 5.69 Å². The highest BCUT2D eigenvalue weighted by Gasteiger charge is 2.19. The SMILES string of the molecule is CCN(c1ccc(Cl)cc1C(=O)O)C(C)COC. The van der Waals surface area contributed by atoms with Gasteiger partial charge >= 0.3 is 5.97 Å². The van der Waals surface area contributed by atoms with Crippen molar-refractivity contribution >= 4 is 23.3 Å². The maximum atomic E-state index is 11.3. The average Bonchev–Trinajstić information content (AvgIpc) is 2.32. The van der Waals surface area contributed by atoms with Gasteiger partial charge in [-0.05, 0) is 32.0 Å². The average molecular weight is 272 g/mol. The summed E-state index contributed by atoms with van der Waals surface area (Å²) in [6, 6.07) is 5.01. The van der Waals surface area contributed by atoms with Crippen LogP contribution in [0, 0.1) is 0 Å². The molecule has 1 atom stereocenters. The number of aromatic carboxylic acids is 1. The van der Waals surface area contributed by atoms with Crippen LogP contribution in [0.15, 0.2) is 18.2 Å². The minimum Gasteiger partial charge on any atom is -0.478 e. The number of hydrogen-bond acceptors (Lipinski definition) is 3. The molecule has 0 aromatic heterocycles. The molecular weight excluding hydrogens is 254 g/mol. The molecule has 100 valence electrons. The molecule has 0 radical (unpaired) electrons. The highest BCUT2D eigenvalue weighted by atomic mass is 35.5. The van der Waals surface area contributed by atoms with Crippen molar-refractivity contribution in [2.45, 2.75) is 19.9 Å². The van der Waals surface area contributed by atoms with Gasteiger partial charge in [-0.25, -0.2) is 4.79 Å². The minimum atomic E-state index is -0.976. The quantitative estimate of drug-likeness (QED) is 0.864. The fourth-order valence-corrected chi connectivity index (χ4v) is 2.15. The van der Waals surface area contributed by atoms with Gasteiger partial charge in [0.25, 0.3) is 0 Å². The summed E-state index contributed by atoms with van der Waals surface area (Å²) in [6.07, 6.45) is 0. The molecule has 0 amide bonds. The zero-order valence-electron chi connectivity index (χ0n) is 10.8. The lowest BCUT2D eigenvalue weighted by atomic mass is 10.1. The Bertz CT molecular complexity index is 423. The van der Waals surface area contributed by atoms with Crippen molar-refractivity contribution in [3.8, 4) is 0 Å². The molecule has 0 saturated carbocycles. The molecule has 0 aliphatic rings. The molecule has 0 aliphatic carbocycles. The van der Waals surface area contributed by atoms with Crippen LogP contribution in [0.3, 0.4) is 0 Å². The fourth-order valence-electron chi connectivity index (χ4n) is 1.98. The Labute approximate surface area is 112 Å². The number of hydrogen-bond donors (Lipinski definition) is 1. The Morgan fingerprint density at radius 1 is 1.56 bits per heavy atom. The summed E-state index contributed by atoms with van der Waals surface area (Å²) in [5.41, 5.74) is 0.881. The smallest absolute Gasteiger partial charge is 0.337 e. The van der Waals surface area contributed by atoms with Crippen LogP contribution < -0.4 is 4.90 Å². The van der Waals surface area contributed by atoms with Gasteiger partial charge in [0, 0.05) is 24.7 Å². The predicted molar refractivity (Wildman–Crippen MR) is 72.8 cm³/mol. The number of rotatable bonds is 6. The number of nitrogens with zero attached hydrogens (tertiary/aromatic N) is 1. The summed E-state index contributed by atoms with van der Waals surface area (Å²) in [5, 5.41) is 9.65. The first-order valence-corrected chi connectivity index (χ1v) is 6.17. The maximum Gasteiger partial charge on any atom is 0.337 e. The molecule has 18 heavy (non-hydrogen) atoms. The van der Waals surface area contributed by atoms with Crippen LogP contribution in [-0.4, -0.2) is 37.4 Å². The number of anilines is 1. The van der Waals surface area contributed by atoms with Gasteiger partial charge in [-0.15, -0.1) is 0 Å². The molecule has 1 aromatic carbocycles. The van der Waals surface area contributed by atoms with E-state index in [1.807, 2.05) is 18.7 Å². The second kappa shape index (κ2) is 6.61. The van der Waals surface area contributed by atoms with Crippen molar-refractivity contribution in [2.75, 3.05) is 25.2 Å². The van der Waals surface area contributed by atoms with E-state index in [4.69, 9.17) is 16.3 Å². The maximum absolute atomic E-state index is 11.3. The Balaban J connectivity index is 3.16. The van der Waals surface area contributed by atoms with Gasteiger partial charge in [0.1, 0.15) is 0 Å². The summed E-state index contributed by atoms with van der Waals surface area (Å²) >= 11 is 5.84. The number of methoxy groups -OCH3 is 1. The molecule has 1 aromatic rings. The van der Waals surface area contributed by atoms with Crippen molar-refractivity contribution in [3.05, 3.63) is 28.8 Å². The van der Waals surface area contributed by atoms with E-state index in [9.17, 15) is 9.90 Å². The zero-order chi connectivity index (χ0) is 13.7. The Kier molecular flexibility index (Phi) is 5.44. The van der Waals surface area contributed by atoms with E-state index in [1.54, 1.807) is 19.2 Å². The van der Waals surface area contributed by atoms with E-state index in [-0.39, 0.29) is 11.6 Å². The summed E-state index contributed by atoms with van der Waals surface area (Å²) in [4.78, 5) is 13.2. The number of carbonyl (C=O) groups is 1. The second-order valence-electron chi connectivity index (χ2n) is 4.06. The molecule has 0 bridgehead atoms. The lowest BCUT2D eigenvalue weighted by Gasteiger charge is -2.30. The number of likely N-dealkylation sites (N-methyl/N-ethyl adjacent to an activating group) is 1. The Hall–Kier alpha value is -1.26. The third-order valence-corrected chi connectivity index (χ3v) is 3.01. The first kappa shape index (κ1) is 14.8. The van der Waals surface area contributed by atoms with Gasteiger partial charge in [0.15, 0.2) is 0 Å². The molecule has 0 aliphatic heterocycles. The number of carboxylic acids is 1. The van der Waals surface area contributed by atoms with Crippen molar-refractivity contribution in [3.63, 3.8) is 0 Å². The van der Waals surface area contributed by atoms with E-state index in [2.05, 4.69) is 0 Å². The number of benzene rings is 1. The largest absolute Gasteiger partial charge is 0.478 e. The molecule has 0 fully saturated rings. The van der Waals surface area contributed by atoms with E-state index in [0.717, 1.165) is 0 Å². The molecule has 1 rings (SSSR count). The van der Waals surface area contributed by atoms with Gasteiger partial charge in [-0.3, -0.25) is 0 Å². The van der Waals surface area contributed by atoms with Crippen LogP contribution in [0.5, 0.6) is 0 Å². The second-order valence-corrected chi connectivity index (χ2v) is 4.49. The lowest BCUT2D eigenvalue weighted by Crippen LogP contribution is -2.37. The van der Waals surface area contributed by atoms with E-state index in [0.29, 0.717) is 23.9 Å². The van der Waals surface area contributed by atoms with Gasteiger partial charge in [0.2, 0.25) is 0 Å². The third-order valence-electron chi connectivity index (χ3n) is 2.78. The van der Waals surface area contributed by atoms with Crippen molar-refractivity contribution in [2.24, 2.45) is 0 Å². The van der Waals surface area contributed by atoms with Crippen LogP contribution in [0.1, 0.15) is 24.2 Å². The summed E-state index contributed by atoms with van der Waals surface area (Å²) < 4.78 is 5.12. The minimum absolute atomic E-state index is 0.0966. The third kappa shape index (κ3) is 3.37. The van der Waals surface area contributed by atoms with Crippen molar-refractivity contribution in [1.82, 2.24) is 0 Å². The predicted octanol–water partition coefficient (Wildman–Crippen LogP) is 2.90. The molecule has 1 N–H and O–H groups in total. The molecule has 0 spiro atoms. The van der Waals surface area contributed by atoms with Gasteiger partial charge < -0.3 is 14.7 Å². The number of halogens is 1. The highest BCUT2D eigenvalue weighted by Crippen LogP contribution is 2.26. The van der Waals surface area contributed by atoms with Crippen molar-refractivity contribution < 1.29 is 14.6 Å². The van der Waals surface area contributed by atoms with Gasteiger partial charge in [0.05, 0.1) is 17.9 Å². The van der Waals surface area contributed by atoms with Crippen LogP contribution in [0.25, 0.3) is 0 Å². The number of ether oxygens (including phenoxy) is 1. The molecular formula is C13H18ClNO3. The Morgan fingerprint density at radius 2 is 2.22 bits per heavy atom.